The van der Waals surface area contributed by atoms with Crippen LogP contribution < -0.4 is 5.32 Å². The number of hydrogen-bond acceptors (Lipinski definition) is 3. The standard InChI is InChI=1S/C22H27N3O3/c26-19(24-12-10-15-5-1-2-7-17(15)13-24)14-25-20(27)22(23-21(25)28)11-9-16-6-3-4-8-18(16)22/h3-4,6,8,15,17H,1-2,5,7,9-14H2,(H,23,28)/t15-,17+,22+/m1/s1. The molecule has 6 heteroatoms. The molecule has 28 heavy (non-hydrogen) atoms. The van der Waals surface area contributed by atoms with Crippen molar-refractivity contribution in [3.63, 3.8) is 0 Å². The Morgan fingerprint density at radius 3 is 2.75 bits per heavy atom. The van der Waals surface area contributed by atoms with E-state index in [-0.39, 0.29) is 18.4 Å². The summed E-state index contributed by atoms with van der Waals surface area (Å²) in [6, 6.07) is 7.33. The number of rotatable bonds is 2. The number of fused-ring (bicyclic) bond motifs is 3. The van der Waals surface area contributed by atoms with Gasteiger partial charge in [-0.05, 0) is 48.6 Å². The number of nitrogens with one attached hydrogen (secondary N) is 1. The monoisotopic (exact) mass is 381 g/mol. The summed E-state index contributed by atoms with van der Waals surface area (Å²) in [5, 5.41) is 2.91. The van der Waals surface area contributed by atoms with Gasteiger partial charge < -0.3 is 10.2 Å². The first-order chi connectivity index (χ1) is 13.6. The van der Waals surface area contributed by atoms with Gasteiger partial charge in [-0.3, -0.25) is 14.5 Å². The lowest BCUT2D eigenvalue weighted by Gasteiger charge is -2.41. The van der Waals surface area contributed by atoms with Crippen LogP contribution in [0, 0.1) is 11.8 Å². The molecule has 0 aromatic heterocycles. The van der Waals surface area contributed by atoms with E-state index >= 15 is 0 Å². The summed E-state index contributed by atoms with van der Waals surface area (Å²) in [5.74, 6) is 0.953. The van der Waals surface area contributed by atoms with Gasteiger partial charge in [-0.25, -0.2) is 4.79 Å². The lowest BCUT2D eigenvalue weighted by molar-refractivity contribution is -0.141. The minimum atomic E-state index is -0.982. The average Bonchev–Trinajstić information content (AvgIpc) is 3.21. The molecule has 1 aromatic carbocycles. The van der Waals surface area contributed by atoms with Gasteiger partial charge >= 0.3 is 6.03 Å². The number of carbonyl (C=O) groups is 3. The van der Waals surface area contributed by atoms with E-state index in [9.17, 15) is 14.4 Å². The van der Waals surface area contributed by atoms with Crippen LogP contribution in [0.15, 0.2) is 24.3 Å². The van der Waals surface area contributed by atoms with Crippen molar-refractivity contribution in [1.82, 2.24) is 15.1 Å². The first-order valence-electron chi connectivity index (χ1n) is 10.6. The van der Waals surface area contributed by atoms with Crippen LogP contribution in [0.1, 0.15) is 49.7 Å². The van der Waals surface area contributed by atoms with Gasteiger partial charge in [-0.1, -0.05) is 43.5 Å². The summed E-state index contributed by atoms with van der Waals surface area (Å²) in [5.41, 5.74) is 1.000. The van der Waals surface area contributed by atoms with Crippen molar-refractivity contribution in [1.29, 1.82) is 0 Å². The van der Waals surface area contributed by atoms with Crippen LogP contribution in [0.4, 0.5) is 4.79 Å². The van der Waals surface area contributed by atoms with Gasteiger partial charge in [0, 0.05) is 13.1 Å². The lowest BCUT2D eigenvalue weighted by Crippen LogP contribution is -2.49. The first-order valence-corrected chi connectivity index (χ1v) is 10.6. The van der Waals surface area contributed by atoms with E-state index in [2.05, 4.69) is 5.32 Å². The Labute approximate surface area is 165 Å². The molecule has 5 rings (SSSR count). The number of likely N-dealkylation sites (tertiary alicyclic amines) is 1. The normalized spacial score (nSPS) is 31.7. The molecule has 3 fully saturated rings. The zero-order valence-corrected chi connectivity index (χ0v) is 16.2. The van der Waals surface area contributed by atoms with Crippen molar-refractivity contribution < 1.29 is 14.4 Å². The molecule has 2 saturated heterocycles. The molecular weight excluding hydrogens is 354 g/mol. The number of piperidine rings is 1. The molecule has 2 aliphatic heterocycles. The van der Waals surface area contributed by atoms with Gasteiger partial charge in [0.05, 0.1) is 0 Å². The fraction of sp³-hybridized carbons (Fsp3) is 0.591. The third-order valence-corrected chi connectivity index (χ3v) is 7.36. The van der Waals surface area contributed by atoms with E-state index in [0.29, 0.717) is 12.3 Å². The van der Waals surface area contributed by atoms with Crippen LogP contribution in [0.25, 0.3) is 0 Å². The van der Waals surface area contributed by atoms with E-state index < -0.39 is 11.6 Å². The van der Waals surface area contributed by atoms with Gasteiger partial charge in [-0.15, -0.1) is 0 Å². The Bertz CT molecular complexity index is 838. The zero-order chi connectivity index (χ0) is 19.3. The van der Waals surface area contributed by atoms with Crippen LogP contribution >= 0.6 is 0 Å². The molecule has 6 nitrogen and oxygen atoms in total. The molecule has 0 unspecified atom stereocenters. The number of imide groups is 1. The highest BCUT2D eigenvalue weighted by atomic mass is 16.2. The number of hydrogen-bond donors (Lipinski definition) is 1. The fourth-order valence-electron chi connectivity index (χ4n) is 5.80. The van der Waals surface area contributed by atoms with Gasteiger partial charge in [0.1, 0.15) is 12.1 Å². The molecule has 4 amide bonds. The Balaban J connectivity index is 1.30. The van der Waals surface area contributed by atoms with Crippen LogP contribution in [0.2, 0.25) is 0 Å². The maximum absolute atomic E-state index is 13.2. The molecule has 0 bridgehead atoms. The van der Waals surface area contributed by atoms with Crippen LogP contribution in [0.5, 0.6) is 0 Å². The second-order valence-corrected chi connectivity index (χ2v) is 8.82. The molecule has 2 heterocycles. The number of nitrogens with zero attached hydrogens (tertiary/aromatic N) is 2. The van der Waals surface area contributed by atoms with Crippen molar-refractivity contribution in [2.75, 3.05) is 19.6 Å². The van der Waals surface area contributed by atoms with Crippen molar-refractivity contribution in [3.05, 3.63) is 35.4 Å². The fourth-order valence-corrected chi connectivity index (χ4v) is 5.80. The van der Waals surface area contributed by atoms with Gasteiger partial charge in [0.15, 0.2) is 0 Å². The molecule has 3 atom stereocenters. The van der Waals surface area contributed by atoms with Gasteiger partial charge in [0.25, 0.3) is 5.91 Å². The maximum Gasteiger partial charge on any atom is 0.325 e. The van der Waals surface area contributed by atoms with E-state index in [1.165, 1.54) is 25.7 Å². The Morgan fingerprint density at radius 2 is 1.89 bits per heavy atom. The molecule has 0 radical (unpaired) electrons. The number of urea groups is 1. The maximum atomic E-state index is 13.2. The quantitative estimate of drug-likeness (QED) is 0.800. The number of amides is 4. The second-order valence-electron chi connectivity index (χ2n) is 8.82. The third-order valence-electron chi connectivity index (χ3n) is 7.36. The van der Waals surface area contributed by atoms with Gasteiger partial charge in [0.2, 0.25) is 5.91 Å². The minimum absolute atomic E-state index is 0.101. The molecule has 1 N–H and O–H groups in total. The predicted molar refractivity (Wildman–Crippen MR) is 103 cm³/mol. The van der Waals surface area contributed by atoms with Gasteiger partial charge in [-0.2, -0.15) is 0 Å². The van der Waals surface area contributed by atoms with Crippen molar-refractivity contribution in [3.8, 4) is 0 Å². The predicted octanol–water partition coefficient (Wildman–Crippen LogP) is 2.42. The van der Waals surface area contributed by atoms with Crippen LogP contribution in [0.3, 0.4) is 0 Å². The lowest BCUT2D eigenvalue weighted by atomic mass is 9.75. The molecular formula is C22H27N3O3. The SMILES string of the molecule is O=C(CN1C(=O)N[C@]2(CCc3ccccc32)C1=O)N1CC[C@H]2CCCC[C@H]2C1. The highest BCUT2D eigenvalue weighted by molar-refractivity contribution is 6.09. The average molecular weight is 381 g/mol. The van der Waals surface area contributed by atoms with Crippen molar-refractivity contribution in [2.45, 2.75) is 50.5 Å². The summed E-state index contributed by atoms with van der Waals surface area (Å²) in [4.78, 5) is 41.8. The molecule has 4 aliphatic rings. The zero-order valence-electron chi connectivity index (χ0n) is 16.2. The first kappa shape index (κ1) is 17.7. The number of carbonyl (C=O) groups excluding carboxylic acids is 3. The molecule has 148 valence electrons. The van der Waals surface area contributed by atoms with Crippen LogP contribution in [-0.4, -0.2) is 47.3 Å². The Morgan fingerprint density at radius 1 is 1.11 bits per heavy atom. The molecule has 1 spiro atoms. The summed E-state index contributed by atoms with van der Waals surface area (Å²) in [7, 11) is 0. The highest BCUT2D eigenvalue weighted by Gasteiger charge is 2.55. The van der Waals surface area contributed by atoms with E-state index in [1.807, 2.05) is 29.2 Å². The number of aryl methyl sites for hydroxylation is 1. The molecule has 1 saturated carbocycles. The van der Waals surface area contributed by atoms with Crippen molar-refractivity contribution in [2.24, 2.45) is 11.8 Å². The van der Waals surface area contributed by atoms with Crippen LogP contribution in [-0.2, 0) is 21.5 Å². The minimum Gasteiger partial charge on any atom is -0.341 e. The molecule has 2 aliphatic carbocycles. The summed E-state index contributed by atoms with van der Waals surface area (Å²) < 4.78 is 0. The largest absolute Gasteiger partial charge is 0.341 e. The van der Waals surface area contributed by atoms with Crippen molar-refractivity contribution >= 4 is 17.8 Å². The Kier molecular flexibility index (Phi) is 4.18. The van der Waals surface area contributed by atoms with E-state index in [4.69, 9.17) is 0 Å². The Hall–Kier alpha value is -2.37. The topological polar surface area (TPSA) is 69.7 Å². The second kappa shape index (κ2) is 6.61. The summed E-state index contributed by atoms with van der Waals surface area (Å²) in [6.07, 6.45) is 7.40. The van der Waals surface area contributed by atoms with E-state index in [0.717, 1.165) is 47.9 Å². The summed E-state index contributed by atoms with van der Waals surface area (Å²) in [6.45, 7) is 1.38. The van der Waals surface area contributed by atoms with E-state index in [1.54, 1.807) is 0 Å². The number of benzene rings is 1. The smallest absolute Gasteiger partial charge is 0.325 e. The highest BCUT2D eigenvalue weighted by Crippen LogP contribution is 2.41. The third kappa shape index (κ3) is 2.65. The summed E-state index contributed by atoms with van der Waals surface area (Å²) >= 11 is 0. The molecule has 1 aromatic rings.